The molecule has 0 saturated heterocycles. The van der Waals surface area contributed by atoms with Crippen molar-refractivity contribution in [1.29, 1.82) is 0 Å². The van der Waals surface area contributed by atoms with Crippen LogP contribution in [0, 0.1) is 6.92 Å². The summed E-state index contributed by atoms with van der Waals surface area (Å²) >= 11 is 0. The third-order valence-electron chi connectivity index (χ3n) is 4.61. The summed E-state index contributed by atoms with van der Waals surface area (Å²) in [6, 6.07) is 14.4. The standard InChI is InChI=1S/C21H20N8O3S/c1-15-10-12-22-21(24-15)29(13-11-20-25-27-28-26-20)33(31,32)19-8-4-17(5-9-19)23-14-16-2-6-18(30)7-3-16/h2-10,12,14,30H,11,13H2,1H3,(H,25,26,27,28). The van der Waals surface area contributed by atoms with Gasteiger partial charge in [0.15, 0.2) is 5.82 Å². The summed E-state index contributed by atoms with van der Waals surface area (Å²) in [7, 11) is -3.97. The molecule has 0 spiro atoms. The van der Waals surface area contributed by atoms with Crippen molar-refractivity contribution in [3.05, 3.63) is 77.9 Å². The van der Waals surface area contributed by atoms with Crippen molar-refractivity contribution in [2.45, 2.75) is 18.2 Å². The molecule has 0 atom stereocenters. The SMILES string of the molecule is Cc1ccnc(N(CCc2nn[nH]n2)S(=O)(=O)c2ccc(N=Cc3ccc(O)cc3)cc2)n1. The van der Waals surface area contributed by atoms with E-state index < -0.39 is 10.0 Å². The lowest BCUT2D eigenvalue weighted by Gasteiger charge is -2.22. The zero-order valence-electron chi connectivity index (χ0n) is 17.6. The van der Waals surface area contributed by atoms with Crippen LogP contribution in [0.4, 0.5) is 11.6 Å². The highest BCUT2D eigenvalue weighted by molar-refractivity contribution is 7.92. The van der Waals surface area contributed by atoms with Gasteiger partial charge in [-0.2, -0.15) is 5.21 Å². The first kappa shape index (κ1) is 22.0. The Labute approximate surface area is 189 Å². The maximum Gasteiger partial charge on any atom is 0.266 e. The number of H-pyrrole nitrogens is 1. The highest BCUT2D eigenvalue weighted by Crippen LogP contribution is 2.23. The van der Waals surface area contributed by atoms with Gasteiger partial charge in [0, 0.05) is 31.1 Å². The minimum atomic E-state index is -3.97. The summed E-state index contributed by atoms with van der Waals surface area (Å²) in [6.07, 6.45) is 3.36. The highest BCUT2D eigenvalue weighted by atomic mass is 32.2. The molecule has 4 rings (SSSR count). The molecule has 0 radical (unpaired) electrons. The molecule has 0 aliphatic carbocycles. The van der Waals surface area contributed by atoms with Gasteiger partial charge in [-0.15, -0.1) is 10.2 Å². The maximum absolute atomic E-state index is 13.4. The summed E-state index contributed by atoms with van der Waals surface area (Å²) in [5.41, 5.74) is 2.01. The number of phenolic OH excluding ortho intramolecular Hbond substituents is 1. The molecule has 33 heavy (non-hydrogen) atoms. The number of anilines is 1. The fraction of sp³-hybridized carbons (Fsp3) is 0.143. The average molecular weight is 465 g/mol. The summed E-state index contributed by atoms with van der Waals surface area (Å²) in [5.74, 6) is 0.609. The monoisotopic (exact) mass is 464 g/mol. The molecule has 11 nitrogen and oxygen atoms in total. The van der Waals surface area contributed by atoms with Crippen molar-refractivity contribution in [2.24, 2.45) is 4.99 Å². The van der Waals surface area contributed by atoms with Gasteiger partial charge in [-0.25, -0.2) is 22.7 Å². The molecule has 4 aromatic rings. The zero-order valence-corrected chi connectivity index (χ0v) is 18.4. The molecule has 168 valence electrons. The number of phenols is 1. The maximum atomic E-state index is 13.4. The Kier molecular flexibility index (Phi) is 6.36. The predicted octanol–water partition coefficient (Wildman–Crippen LogP) is 2.19. The molecule has 0 unspecified atom stereocenters. The van der Waals surface area contributed by atoms with Gasteiger partial charge in [0.25, 0.3) is 10.0 Å². The minimum Gasteiger partial charge on any atom is -0.508 e. The van der Waals surface area contributed by atoms with Crippen LogP contribution >= 0.6 is 0 Å². The summed E-state index contributed by atoms with van der Waals surface area (Å²) in [4.78, 5) is 12.9. The first-order valence-corrected chi connectivity index (χ1v) is 11.3. The van der Waals surface area contributed by atoms with Crippen LogP contribution in [0.15, 0.2) is 70.7 Å². The number of aromatic amines is 1. The van der Waals surface area contributed by atoms with Gasteiger partial charge in [-0.3, -0.25) is 4.99 Å². The molecule has 2 aromatic carbocycles. The van der Waals surface area contributed by atoms with Gasteiger partial charge in [0.05, 0.1) is 10.6 Å². The smallest absolute Gasteiger partial charge is 0.266 e. The molecule has 0 aliphatic heterocycles. The van der Waals surface area contributed by atoms with E-state index in [1.54, 1.807) is 55.6 Å². The van der Waals surface area contributed by atoms with Gasteiger partial charge >= 0.3 is 0 Å². The Bertz CT molecular complexity index is 1340. The lowest BCUT2D eigenvalue weighted by molar-refractivity contribution is 0.475. The van der Waals surface area contributed by atoms with Crippen LogP contribution in [0.3, 0.4) is 0 Å². The van der Waals surface area contributed by atoms with Crippen LogP contribution in [0.2, 0.25) is 0 Å². The lowest BCUT2D eigenvalue weighted by atomic mass is 10.2. The molecule has 0 fully saturated rings. The third-order valence-corrected chi connectivity index (χ3v) is 6.41. The quantitative estimate of drug-likeness (QED) is 0.377. The number of rotatable bonds is 8. The average Bonchev–Trinajstić information content (AvgIpc) is 3.33. The first-order valence-electron chi connectivity index (χ1n) is 9.90. The second kappa shape index (κ2) is 9.53. The van der Waals surface area contributed by atoms with E-state index in [4.69, 9.17) is 0 Å². The normalized spacial score (nSPS) is 11.7. The van der Waals surface area contributed by atoms with Crippen LogP contribution in [0.1, 0.15) is 17.1 Å². The van der Waals surface area contributed by atoms with E-state index in [0.717, 1.165) is 9.87 Å². The number of nitrogens with zero attached hydrogens (tertiary/aromatic N) is 7. The molecular weight excluding hydrogens is 444 g/mol. The Morgan fingerprint density at radius 2 is 1.85 bits per heavy atom. The van der Waals surface area contributed by atoms with E-state index in [0.29, 0.717) is 17.2 Å². The van der Waals surface area contributed by atoms with Crippen LogP contribution in [0.25, 0.3) is 0 Å². The van der Waals surface area contributed by atoms with E-state index in [9.17, 15) is 13.5 Å². The van der Waals surface area contributed by atoms with E-state index in [1.165, 1.54) is 18.3 Å². The number of aromatic hydroxyl groups is 1. The third kappa shape index (κ3) is 5.36. The van der Waals surface area contributed by atoms with Crippen molar-refractivity contribution in [3.63, 3.8) is 0 Å². The van der Waals surface area contributed by atoms with Crippen LogP contribution in [-0.2, 0) is 16.4 Å². The molecule has 0 amide bonds. The number of hydrogen-bond acceptors (Lipinski definition) is 9. The minimum absolute atomic E-state index is 0.0338. The molecule has 0 saturated carbocycles. The second-order valence-electron chi connectivity index (χ2n) is 7.00. The van der Waals surface area contributed by atoms with Gasteiger partial charge in [-0.05, 0) is 67.1 Å². The van der Waals surface area contributed by atoms with Crippen molar-refractivity contribution < 1.29 is 13.5 Å². The van der Waals surface area contributed by atoms with Crippen LogP contribution < -0.4 is 4.31 Å². The van der Waals surface area contributed by atoms with E-state index in [1.807, 2.05) is 0 Å². The van der Waals surface area contributed by atoms with Gasteiger partial charge in [-0.1, -0.05) is 5.21 Å². The topological polar surface area (TPSA) is 150 Å². The Hall–Kier alpha value is -4.19. The molecular formula is C21H20N8O3S. The summed E-state index contributed by atoms with van der Waals surface area (Å²) in [6.45, 7) is 1.79. The van der Waals surface area contributed by atoms with Gasteiger partial charge in [0.2, 0.25) is 5.95 Å². The summed E-state index contributed by atoms with van der Waals surface area (Å²) < 4.78 is 28.0. The number of benzene rings is 2. The number of tetrazole rings is 1. The molecule has 0 bridgehead atoms. The fourth-order valence-electron chi connectivity index (χ4n) is 2.91. The van der Waals surface area contributed by atoms with E-state index in [-0.39, 0.29) is 29.6 Å². The molecule has 2 aromatic heterocycles. The van der Waals surface area contributed by atoms with Crippen molar-refractivity contribution >= 4 is 27.9 Å². The molecule has 12 heteroatoms. The van der Waals surface area contributed by atoms with Crippen LogP contribution in [0.5, 0.6) is 5.75 Å². The number of nitrogens with one attached hydrogen (secondary N) is 1. The Morgan fingerprint density at radius 1 is 1.09 bits per heavy atom. The molecule has 2 N–H and O–H groups in total. The van der Waals surface area contributed by atoms with Crippen LogP contribution in [-0.4, -0.2) is 56.9 Å². The van der Waals surface area contributed by atoms with Gasteiger partial charge in [0.1, 0.15) is 5.75 Å². The Balaban J connectivity index is 1.59. The number of aromatic nitrogens is 6. The number of hydrogen-bond donors (Lipinski definition) is 2. The number of aryl methyl sites for hydroxylation is 1. The molecule has 0 aliphatic rings. The molecule has 2 heterocycles. The highest BCUT2D eigenvalue weighted by Gasteiger charge is 2.27. The van der Waals surface area contributed by atoms with E-state index in [2.05, 4.69) is 35.6 Å². The fourth-order valence-corrected chi connectivity index (χ4v) is 4.28. The largest absolute Gasteiger partial charge is 0.508 e. The van der Waals surface area contributed by atoms with Crippen molar-refractivity contribution in [3.8, 4) is 5.75 Å². The number of sulfonamides is 1. The number of aliphatic imine (C=N–C) groups is 1. The Morgan fingerprint density at radius 3 is 2.52 bits per heavy atom. The second-order valence-corrected chi connectivity index (χ2v) is 8.86. The zero-order chi connectivity index (χ0) is 23.3. The van der Waals surface area contributed by atoms with E-state index >= 15 is 0 Å². The lowest BCUT2D eigenvalue weighted by Crippen LogP contribution is -2.34. The van der Waals surface area contributed by atoms with Gasteiger partial charge < -0.3 is 5.11 Å². The van der Waals surface area contributed by atoms with Crippen molar-refractivity contribution in [2.75, 3.05) is 10.8 Å². The predicted molar refractivity (Wildman–Crippen MR) is 121 cm³/mol. The first-order chi connectivity index (χ1) is 15.9. The summed E-state index contributed by atoms with van der Waals surface area (Å²) in [5, 5.41) is 23.0. The van der Waals surface area contributed by atoms with Crippen molar-refractivity contribution in [1.82, 2.24) is 30.6 Å².